The van der Waals surface area contributed by atoms with E-state index in [1.807, 2.05) is 32.9 Å². The Kier molecular flexibility index (Phi) is 4.53. The van der Waals surface area contributed by atoms with Gasteiger partial charge in [0.2, 0.25) is 0 Å². The molecule has 2 aromatic rings. The van der Waals surface area contributed by atoms with E-state index in [0.717, 1.165) is 10.9 Å². The first-order chi connectivity index (χ1) is 10.0. The number of hydrogen-bond acceptors (Lipinski definition) is 4. The number of nitrogens with one attached hydrogen (secondary N) is 2. The summed E-state index contributed by atoms with van der Waals surface area (Å²) in [5, 5.41) is 15.4. The Hall–Kier alpha value is -2.01. The maximum Gasteiger partial charge on any atom is 0.176 e. The van der Waals surface area contributed by atoms with E-state index in [1.54, 1.807) is 12.3 Å². The number of H-pyrrole nitrogens is 1. The van der Waals surface area contributed by atoms with Crippen LogP contribution in [0.4, 0.5) is 0 Å². The fourth-order valence-corrected chi connectivity index (χ4v) is 2.22. The van der Waals surface area contributed by atoms with Crippen molar-refractivity contribution in [1.82, 2.24) is 10.2 Å². The molecule has 2 N–H and O–H groups in total. The molecule has 1 aromatic heterocycles. The van der Waals surface area contributed by atoms with Gasteiger partial charge in [-0.05, 0) is 38.5 Å². The molecule has 0 aliphatic rings. The molecule has 0 fully saturated rings. The van der Waals surface area contributed by atoms with Crippen molar-refractivity contribution in [2.24, 2.45) is 5.41 Å². The van der Waals surface area contributed by atoms with E-state index < -0.39 is 5.41 Å². The molecule has 1 aromatic carbocycles. The van der Waals surface area contributed by atoms with Gasteiger partial charge in [-0.1, -0.05) is 6.92 Å². The minimum Gasteiger partial charge on any atom is -0.377 e. The van der Waals surface area contributed by atoms with E-state index in [2.05, 4.69) is 10.2 Å². The summed E-state index contributed by atoms with van der Waals surface area (Å²) in [6, 6.07) is 5.42. The van der Waals surface area contributed by atoms with Crippen molar-refractivity contribution in [3.05, 3.63) is 30.0 Å². The van der Waals surface area contributed by atoms with Crippen molar-refractivity contribution in [2.75, 3.05) is 6.61 Å². The second-order valence-corrected chi connectivity index (χ2v) is 5.51. The second-order valence-electron chi connectivity index (χ2n) is 5.51. The summed E-state index contributed by atoms with van der Waals surface area (Å²) in [5.41, 5.74) is 0.574. The summed E-state index contributed by atoms with van der Waals surface area (Å²) in [4.78, 5) is 12.8. The van der Waals surface area contributed by atoms with E-state index in [0.29, 0.717) is 12.0 Å². The molecule has 0 aliphatic heterocycles. The number of fused-ring (bicyclic) bond motifs is 1. The van der Waals surface area contributed by atoms with Crippen LogP contribution >= 0.6 is 0 Å². The molecule has 0 radical (unpaired) electrons. The first-order valence-corrected chi connectivity index (χ1v) is 7.13. The number of rotatable bonds is 7. The monoisotopic (exact) mass is 287 g/mol. The Morgan fingerprint density at radius 1 is 1.52 bits per heavy atom. The van der Waals surface area contributed by atoms with Crippen LogP contribution in [0.15, 0.2) is 24.4 Å². The zero-order valence-corrected chi connectivity index (χ0v) is 12.6. The standard InChI is InChI=1S/C16H21N3O2/c1-4-16(9-17,10-21-11(2)3)15(20)12-5-6-14-13(7-12)8-18-19-14/h5-9,11,17H,4,10H2,1-3H3,(H,18,19). The number of carbonyl (C=O) groups is 1. The predicted molar refractivity (Wildman–Crippen MR) is 83.0 cm³/mol. The Bertz CT molecular complexity index is 648. The number of hydrogen-bond donors (Lipinski definition) is 2. The van der Waals surface area contributed by atoms with Gasteiger partial charge >= 0.3 is 0 Å². The van der Waals surface area contributed by atoms with Crippen molar-refractivity contribution in [2.45, 2.75) is 33.3 Å². The van der Waals surface area contributed by atoms with Crippen LogP contribution in [-0.2, 0) is 4.74 Å². The van der Waals surface area contributed by atoms with Gasteiger partial charge in [0.1, 0.15) is 0 Å². The molecule has 5 heteroatoms. The topological polar surface area (TPSA) is 78.8 Å². The summed E-state index contributed by atoms with van der Waals surface area (Å²) in [6.07, 6.45) is 3.47. The number of nitrogens with zero attached hydrogens (tertiary/aromatic N) is 1. The van der Waals surface area contributed by atoms with Gasteiger partial charge in [0, 0.05) is 17.2 Å². The third-order valence-corrected chi connectivity index (χ3v) is 3.74. The van der Waals surface area contributed by atoms with Crippen LogP contribution in [0.3, 0.4) is 0 Å². The van der Waals surface area contributed by atoms with E-state index >= 15 is 0 Å². The second kappa shape index (κ2) is 6.18. The first kappa shape index (κ1) is 15.4. The van der Waals surface area contributed by atoms with Gasteiger partial charge in [0.25, 0.3) is 0 Å². The molecule has 5 nitrogen and oxygen atoms in total. The van der Waals surface area contributed by atoms with Crippen molar-refractivity contribution in [1.29, 1.82) is 5.41 Å². The average molecular weight is 287 g/mol. The molecule has 1 unspecified atom stereocenters. The molecular weight excluding hydrogens is 266 g/mol. The van der Waals surface area contributed by atoms with Gasteiger partial charge in [-0.15, -0.1) is 0 Å². The molecular formula is C16H21N3O2. The fraction of sp³-hybridized carbons (Fsp3) is 0.438. The SMILES string of the molecule is CCC(C=N)(COC(C)C)C(=O)c1ccc2[nH]ncc2c1. The van der Waals surface area contributed by atoms with Crippen LogP contribution < -0.4 is 0 Å². The van der Waals surface area contributed by atoms with Crippen LogP contribution in [0.5, 0.6) is 0 Å². The average Bonchev–Trinajstić information content (AvgIpc) is 2.95. The number of ether oxygens (including phenoxy) is 1. The molecule has 0 bridgehead atoms. The van der Waals surface area contributed by atoms with Gasteiger partial charge in [-0.2, -0.15) is 5.10 Å². The maximum atomic E-state index is 12.8. The van der Waals surface area contributed by atoms with E-state index in [4.69, 9.17) is 10.1 Å². The van der Waals surface area contributed by atoms with Gasteiger partial charge in [-0.3, -0.25) is 9.89 Å². The Labute approximate surface area is 124 Å². The zero-order valence-electron chi connectivity index (χ0n) is 12.6. The molecule has 0 aliphatic carbocycles. The summed E-state index contributed by atoms with van der Waals surface area (Å²) >= 11 is 0. The largest absolute Gasteiger partial charge is 0.377 e. The van der Waals surface area contributed by atoms with Crippen LogP contribution in [-0.4, -0.2) is 34.9 Å². The van der Waals surface area contributed by atoms with E-state index in [-0.39, 0.29) is 18.5 Å². The predicted octanol–water partition coefficient (Wildman–Crippen LogP) is 3.22. The summed E-state index contributed by atoms with van der Waals surface area (Å²) < 4.78 is 5.61. The lowest BCUT2D eigenvalue weighted by molar-refractivity contribution is 0.0312. The Morgan fingerprint density at radius 2 is 2.29 bits per heavy atom. The van der Waals surface area contributed by atoms with Crippen LogP contribution in [0.1, 0.15) is 37.6 Å². The summed E-state index contributed by atoms with van der Waals surface area (Å²) in [6.45, 7) is 5.98. The molecule has 1 atom stereocenters. The third-order valence-electron chi connectivity index (χ3n) is 3.74. The third kappa shape index (κ3) is 3.03. The normalized spacial score (nSPS) is 14.3. The van der Waals surface area contributed by atoms with Gasteiger partial charge in [-0.25, -0.2) is 0 Å². The molecule has 112 valence electrons. The highest BCUT2D eigenvalue weighted by Crippen LogP contribution is 2.27. The molecule has 0 amide bonds. The lowest BCUT2D eigenvalue weighted by Gasteiger charge is -2.27. The number of ketones is 1. The van der Waals surface area contributed by atoms with Crippen molar-refractivity contribution < 1.29 is 9.53 Å². The minimum absolute atomic E-state index is 0.0278. The summed E-state index contributed by atoms with van der Waals surface area (Å²) in [5.74, 6) is -0.0799. The fourth-order valence-electron chi connectivity index (χ4n) is 2.22. The van der Waals surface area contributed by atoms with Gasteiger partial charge < -0.3 is 10.1 Å². The molecule has 21 heavy (non-hydrogen) atoms. The quantitative estimate of drug-likeness (QED) is 0.606. The first-order valence-electron chi connectivity index (χ1n) is 7.13. The van der Waals surface area contributed by atoms with Crippen LogP contribution in [0.25, 0.3) is 10.9 Å². The minimum atomic E-state index is -0.901. The van der Waals surface area contributed by atoms with Crippen molar-refractivity contribution in [3.63, 3.8) is 0 Å². The summed E-state index contributed by atoms with van der Waals surface area (Å²) in [7, 11) is 0. The number of aromatic nitrogens is 2. The zero-order chi connectivity index (χ0) is 15.5. The number of Topliss-reactive ketones (excluding diaryl/α,β-unsaturated/α-hetero) is 1. The Balaban J connectivity index is 2.34. The van der Waals surface area contributed by atoms with Crippen LogP contribution in [0, 0.1) is 10.8 Å². The van der Waals surface area contributed by atoms with E-state index in [1.165, 1.54) is 6.21 Å². The van der Waals surface area contributed by atoms with E-state index in [9.17, 15) is 4.79 Å². The highest BCUT2D eigenvalue weighted by Gasteiger charge is 2.36. The maximum absolute atomic E-state index is 12.8. The van der Waals surface area contributed by atoms with Gasteiger partial charge in [0.05, 0.1) is 29.8 Å². The highest BCUT2D eigenvalue weighted by atomic mass is 16.5. The number of carbonyl (C=O) groups excluding carboxylic acids is 1. The smallest absolute Gasteiger partial charge is 0.176 e. The Morgan fingerprint density at radius 3 is 2.90 bits per heavy atom. The molecule has 2 rings (SSSR count). The lowest BCUT2D eigenvalue weighted by atomic mass is 9.79. The molecule has 0 spiro atoms. The molecule has 1 heterocycles. The number of benzene rings is 1. The molecule has 0 saturated carbocycles. The number of aromatic amines is 1. The highest BCUT2D eigenvalue weighted by molar-refractivity contribution is 6.10. The molecule has 0 saturated heterocycles. The van der Waals surface area contributed by atoms with Crippen molar-refractivity contribution >= 4 is 22.9 Å². The lowest BCUT2D eigenvalue weighted by Crippen LogP contribution is -2.38. The van der Waals surface area contributed by atoms with Crippen LogP contribution in [0.2, 0.25) is 0 Å². The van der Waals surface area contributed by atoms with Gasteiger partial charge in [0.15, 0.2) is 5.78 Å². The van der Waals surface area contributed by atoms with Crippen molar-refractivity contribution in [3.8, 4) is 0 Å².